The largest absolute Gasteiger partial charge is 0.508 e. The molecule has 0 amide bonds. The number of aromatic nitrogens is 2. The van der Waals surface area contributed by atoms with Gasteiger partial charge in [-0.05, 0) is 30.2 Å². The summed E-state index contributed by atoms with van der Waals surface area (Å²) in [6.45, 7) is 1.73. The Morgan fingerprint density at radius 2 is 2.18 bits per heavy atom. The molecule has 0 unspecified atom stereocenters. The number of nitrogens with zero attached hydrogens (tertiary/aromatic N) is 1. The molecule has 0 saturated carbocycles. The van der Waals surface area contributed by atoms with E-state index in [2.05, 4.69) is 15.1 Å². The minimum Gasteiger partial charge on any atom is -0.508 e. The normalized spacial score (nSPS) is 10.2. The second-order valence-corrected chi connectivity index (χ2v) is 3.53. The van der Waals surface area contributed by atoms with E-state index in [1.54, 1.807) is 13.0 Å². The quantitative estimate of drug-likeness (QED) is 0.537. The zero-order chi connectivity index (χ0) is 12.4. The fourth-order valence-corrected chi connectivity index (χ4v) is 1.63. The molecule has 1 aromatic heterocycles. The topological polar surface area (TPSA) is 95.4 Å². The first kappa shape index (κ1) is 11.2. The Labute approximate surface area is 96.1 Å². The monoisotopic (exact) mass is 234 g/mol. The van der Waals surface area contributed by atoms with E-state index in [1.807, 2.05) is 0 Å². The lowest BCUT2D eigenvalue weighted by molar-refractivity contribution is -0.137. The Balaban J connectivity index is 2.72. The van der Waals surface area contributed by atoms with Crippen molar-refractivity contribution in [3.05, 3.63) is 40.3 Å². The zero-order valence-corrected chi connectivity index (χ0v) is 8.97. The van der Waals surface area contributed by atoms with E-state index in [1.165, 1.54) is 18.3 Å². The third-order valence-corrected chi connectivity index (χ3v) is 2.40. The number of aryl methyl sites for hydroxylation is 1. The molecule has 0 saturated heterocycles. The molecular weight excluding hydrogens is 224 g/mol. The van der Waals surface area contributed by atoms with Crippen molar-refractivity contribution < 1.29 is 15.3 Å². The van der Waals surface area contributed by atoms with Crippen LogP contribution in [0, 0.1) is 6.92 Å². The van der Waals surface area contributed by atoms with Crippen molar-refractivity contribution in [1.29, 1.82) is 0 Å². The van der Waals surface area contributed by atoms with Gasteiger partial charge in [-0.1, -0.05) is 6.07 Å². The van der Waals surface area contributed by atoms with Gasteiger partial charge in [0.15, 0.2) is 5.75 Å². The van der Waals surface area contributed by atoms with Gasteiger partial charge in [0.05, 0.1) is 11.8 Å². The predicted molar refractivity (Wildman–Crippen MR) is 60.0 cm³/mol. The summed E-state index contributed by atoms with van der Waals surface area (Å²) in [5.74, 6) is 0.0609. The van der Waals surface area contributed by atoms with Gasteiger partial charge in [-0.15, -0.1) is 0 Å². The number of H-pyrrole nitrogens is 1. The molecule has 0 atom stereocenters. The minimum atomic E-state index is -0.481. The number of aromatic amines is 1. The highest BCUT2D eigenvalue weighted by molar-refractivity contribution is 5.72. The number of benzene rings is 1. The minimum absolute atomic E-state index is 0.0393. The Morgan fingerprint density at radius 1 is 1.41 bits per heavy atom. The van der Waals surface area contributed by atoms with Crippen molar-refractivity contribution in [1.82, 2.24) is 10.2 Å². The molecule has 88 valence electrons. The molecule has 0 aliphatic rings. The van der Waals surface area contributed by atoms with Crippen LogP contribution in [0.3, 0.4) is 0 Å². The summed E-state index contributed by atoms with van der Waals surface area (Å²) in [7, 11) is 0. The number of phenols is 1. The van der Waals surface area contributed by atoms with Crippen LogP contribution in [-0.2, 0) is 0 Å². The van der Waals surface area contributed by atoms with Gasteiger partial charge in [-0.3, -0.25) is 4.79 Å². The molecule has 0 spiro atoms. The van der Waals surface area contributed by atoms with E-state index in [0.717, 1.165) is 0 Å². The van der Waals surface area contributed by atoms with Crippen molar-refractivity contribution >= 4 is 0 Å². The standard InChI is InChI=1S/C11H10N2O4/c1-6-4-7(14)2-3-8(6)10-9(17-16)5-12-13-11(10)15/h2-5,14,16H,1H3,(H,13,15). The van der Waals surface area contributed by atoms with Crippen molar-refractivity contribution in [2.75, 3.05) is 0 Å². The van der Waals surface area contributed by atoms with Crippen LogP contribution in [0.1, 0.15) is 5.56 Å². The molecule has 1 heterocycles. The molecule has 6 nitrogen and oxygen atoms in total. The first-order chi connectivity index (χ1) is 8.13. The summed E-state index contributed by atoms with van der Waals surface area (Å²) in [6.07, 6.45) is 1.20. The Morgan fingerprint density at radius 3 is 2.82 bits per heavy atom. The molecule has 6 heteroatoms. The molecule has 1 aromatic carbocycles. The maximum atomic E-state index is 11.7. The third-order valence-electron chi connectivity index (χ3n) is 2.40. The summed E-state index contributed by atoms with van der Waals surface area (Å²) < 4.78 is 0. The molecular formula is C11H10N2O4. The number of aromatic hydroxyl groups is 1. The van der Waals surface area contributed by atoms with E-state index >= 15 is 0 Å². The average molecular weight is 234 g/mol. The highest BCUT2D eigenvalue weighted by Gasteiger charge is 2.14. The number of hydrogen-bond donors (Lipinski definition) is 3. The van der Waals surface area contributed by atoms with Gasteiger partial charge in [0, 0.05) is 0 Å². The maximum absolute atomic E-state index is 11.7. The van der Waals surface area contributed by atoms with Gasteiger partial charge < -0.3 is 9.99 Å². The van der Waals surface area contributed by atoms with Crippen molar-refractivity contribution in [2.24, 2.45) is 0 Å². The van der Waals surface area contributed by atoms with Crippen LogP contribution in [0.4, 0.5) is 0 Å². The van der Waals surface area contributed by atoms with E-state index in [9.17, 15) is 9.90 Å². The van der Waals surface area contributed by atoms with Crippen LogP contribution in [0.5, 0.6) is 11.5 Å². The maximum Gasteiger partial charge on any atom is 0.275 e. The predicted octanol–water partition coefficient (Wildman–Crippen LogP) is 1.30. The van der Waals surface area contributed by atoms with E-state index in [4.69, 9.17) is 5.26 Å². The van der Waals surface area contributed by atoms with Crippen molar-refractivity contribution in [2.45, 2.75) is 6.92 Å². The van der Waals surface area contributed by atoms with Gasteiger partial charge in [-0.25, -0.2) is 10.4 Å². The van der Waals surface area contributed by atoms with Crippen molar-refractivity contribution in [3.8, 4) is 22.6 Å². The SMILES string of the molecule is Cc1cc(O)ccc1-c1c(OO)cn[nH]c1=O. The fourth-order valence-electron chi connectivity index (χ4n) is 1.63. The first-order valence-corrected chi connectivity index (χ1v) is 4.82. The Hall–Kier alpha value is -2.34. The smallest absolute Gasteiger partial charge is 0.275 e. The lowest BCUT2D eigenvalue weighted by Crippen LogP contribution is -2.12. The average Bonchev–Trinajstić information content (AvgIpc) is 2.30. The van der Waals surface area contributed by atoms with Gasteiger partial charge in [0.25, 0.3) is 5.56 Å². The van der Waals surface area contributed by atoms with E-state index in [-0.39, 0.29) is 17.1 Å². The summed E-state index contributed by atoms with van der Waals surface area (Å²) in [5.41, 5.74) is 0.917. The molecule has 0 aliphatic heterocycles. The molecule has 3 N–H and O–H groups in total. The first-order valence-electron chi connectivity index (χ1n) is 4.82. The van der Waals surface area contributed by atoms with Gasteiger partial charge >= 0.3 is 0 Å². The Bertz CT molecular complexity index is 607. The number of nitrogens with one attached hydrogen (secondary N) is 1. The lowest BCUT2D eigenvalue weighted by atomic mass is 10.0. The highest BCUT2D eigenvalue weighted by Crippen LogP contribution is 2.29. The van der Waals surface area contributed by atoms with E-state index in [0.29, 0.717) is 11.1 Å². The Kier molecular flexibility index (Phi) is 2.80. The summed E-state index contributed by atoms with van der Waals surface area (Å²) >= 11 is 0. The summed E-state index contributed by atoms with van der Waals surface area (Å²) in [4.78, 5) is 15.8. The number of hydrogen-bond acceptors (Lipinski definition) is 5. The second kappa shape index (κ2) is 4.26. The zero-order valence-electron chi connectivity index (χ0n) is 8.97. The lowest BCUT2D eigenvalue weighted by Gasteiger charge is -2.07. The summed E-state index contributed by atoms with van der Waals surface area (Å²) in [6, 6.07) is 4.53. The second-order valence-electron chi connectivity index (χ2n) is 3.53. The molecule has 2 rings (SSSR count). The van der Waals surface area contributed by atoms with E-state index < -0.39 is 5.56 Å². The molecule has 2 aromatic rings. The van der Waals surface area contributed by atoms with Crippen LogP contribution in [0.2, 0.25) is 0 Å². The van der Waals surface area contributed by atoms with Crippen LogP contribution < -0.4 is 10.4 Å². The number of phenolic OH excluding ortho intramolecular Hbond substituents is 1. The highest BCUT2D eigenvalue weighted by atomic mass is 17.1. The molecule has 0 radical (unpaired) electrons. The van der Waals surface area contributed by atoms with Crippen LogP contribution in [-0.4, -0.2) is 20.6 Å². The van der Waals surface area contributed by atoms with Crippen LogP contribution in [0.25, 0.3) is 11.1 Å². The third kappa shape index (κ3) is 1.98. The molecule has 17 heavy (non-hydrogen) atoms. The molecule has 0 fully saturated rings. The van der Waals surface area contributed by atoms with Gasteiger partial charge in [-0.2, -0.15) is 5.10 Å². The van der Waals surface area contributed by atoms with Gasteiger partial charge in [0.2, 0.25) is 0 Å². The van der Waals surface area contributed by atoms with Gasteiger partial charge in [0.1, 0.15) is 5.75 Å². The summed E-state index contributed by atoms with van der Waals surface area (Å²) in [5, 5.41) is 23.8. The molecule has 0 aliphatic carbocycles. The molecule has 0 bridgehead atoms. The number of rotatable bonds is 2. The van der Waals surface area contributed by atoms with Crippen molar-refractivity contribution in [3.63, 3.8) is 0 Å². The van der Waals surface area contributed by atoms with Crippen LogP contribution >= 0.6 is 0 Å². The van der Waals surface area contributed by atoms with Crippen LogP contribution in [0.15, 0.2) is 29.2 Å². The fraction of sp³-hybridized carbons (Fsp3) is 0.0909.